The molecule has 2 aromatic rings. The van der Waals surface area contributed by atoms with Crippen molar-refractivity contribution in [1.82, 2.24) is 19.4 Å². The molecule has 1 heterocycles. The molecule has 1 aromatic carbocycles. The average molecular weight is 428 g/mol. The first-order valence-electron chi connectivity index (χ1n) is 8.21. The molecule has 0 spiro atoms. The van der Waals surface area contributed by atoms with E-state index >= 15 is 0 Å². The third-order valence-electron chi connectivity index (χ3n) is 3.52. The maximum Gasteiger partial charge on any atom is 0.405 e. The third-order valence-corrected chi connectivity index (χ3v) is 4.89. The van der Waals surface area contributed by atoms with Crippen LogP contribution < -0.4 is 20.5 Å². The summed E-state index contributed by atoms with van der Waals surface area (Å²) in [5.74, 6) is -0.513. The summed E-state index contributed by atoms with van der Waals surface area (Å²) in [5, 5.41) is 19.0. The summed E-state index contributed by atoms with van der Waals surface area (Å²) in [4.78, 5) is 27.5. The summed E-state index contributed by atoms with van der Waals surface area (Å²) in [6, 6.07) is 8.26. The standard InChI is InChI=1S/C15H20N6O5S2/c16-28(25,26)17-9-5-4-8-11(18-15(23)24)12(22)19-14-20-13(27-21-14)10-6-2-1-3-7-10/h1-3,6-7,11,17-18H,4-5,8-9H2,(H,23,24)(H2,16,25,26)(H,19,21,22). The molecule has 6 N–H and O–H groups in total. The van der Waals surface area contributed by atoms with Crippen LogP contribution in [-0.2, 0) is 15.0 Å². The van der Waals surface area contributed by atoms with Gasteiger partial charge in [0, 0.05) is 12.1 Å². The lowest BCUT2D eigenvalue weighted by atomic mass is 10.1. The molecule has 152 valence electrons. The van der Waals surface area contributed by atoms with E-state index in [-0.39, 0.29) is 18.9 Å². The highest BCUT2D eigenvalue weighted by molar-refractivity contribution is 7.87. The van der Waals surface area contributed by atoms with Gasteiger partial charge in [-0.3, -0.25) is 10.1 Å². The number of carbonyl (C=O) groups excluding carboxylic acids is 1. The van der Waals surface area contributed by atoms with Crippen molar-refractivity contribution in [2.45, 2.75) is 25.3 Å². The zero-order valence-electron chi connectivity index (χ0n) is 14.7. The van der Waals surface area contributed by atoms with Crippen molar-refractivity contribution in [3.63, 3.8) is 0 Å². The zero-order chi connectivity index (χ0) is 20.6. The lowest BCUT2D eigenvalue weighted by molar-refractivity contribution is -0.118. The average Bonchev–Trinajstić information content (AvgIpc) is 3.08. The number of nitrogens with zero attached hydrogens (tertiary/aromatic N) is 2. The molecule has 2 rings (SSSR count). The van der Waals surface area contributed by atoms with Crippen molar-refractivity contribution in [2.24, 2.45) is 5.14 Å². The quantitative estimate of drug-likeness (QED) is 0.347. The van der Waals surface area contributed by atoms with Crippen LogP contribution in [0, 0.1) is 0 Å². The van der Waals surface area contributed by atoms with E-state index < -0.39 is 28.3 Å². The molecule has 0 fully saturated rings. The maximum atomic E-state index is 12.4. The summed E-state index contributed by atoms with van der Waals surface area (Å²) in [7, 11) is -3.78. The molecule has 0 radical (unpaired) electrons. The van der Waals surface area contributed by atoms with Gasteiger partial charge in [-0.2, -0.15) is 17.8 Å². The van der Waals surface area contributed by atoms with Crippen LogP contribution in [0.2, 0.25) is 0 Å². The number of anilines is 1. The number of rotatable bonds is 10. The van der Waals surface area contributed by atoms with Crippen LogP contribution in [0.3, 0.4) is 0 Å². The van der Waals surface area contributed by atoms with Gasteiger partial charge < -0.3 is 10.4 Å². The second-order valence-corrected chi connectivity index (χ2v) is 7.85. The van der Waals surface area contributed by atoms with E-state index in [1.165, 1.54) is 0 Å². The van der Waals surface area contributed by atoms with Gasteiger partial charge in [-0.25, -0.2) is 14.7 Å². The van der Waals surface area contributed by atoms with E-state index in [2.05, 4.69) is 24.7 Å². The van der Waals surface area contributed by atoms with Crippen molar-refractivity contribution in [1.29, 1.82) is 0 Å². The van der Waals surface area contributed by atoms with Gasteiger partial charge in [-0.05, 0) is 30.8 Å². The van der Waals surface area contributed by atoms with Crippen molar-refractivity contribution in [3.05, 3.63) is 30.3 Å². The molecule has 11 nitrogen and oxygen atoms in total. The fourth-order valence-electron chi connectivity index (χ4n) is 2.28. The fraction of sp³-hybridized carbons (Fsp3) is 0.333. The molecule has 0 aliphatic carbocycles. The van der Waals surface area contributed by atoms with Crippen molar-refractivity contribution >= 4 is 39.7 Å². The SMILES string of the molecule is NS(=O)(=O)NCCCCC(NC(=O)O)C(=O)Nc1nsc(-c2ccccc2)n1. The van der Waals surface area contributed by atoms with Crippen LogP contribution in [0.25, 0.3) is 10.6 Å². The second-order valence-electron chi connectivity index (χ2n) is 5.72. The Kier molecular flexibility index (Phi) is 7.80. The van der Waals surface area contributed by atoms with E-state index in [0.29, 0.717) is 17.8 Å². The van der Waals surface area contributed by atoms with Crippen LogP contribution in [0.1, 0.15) is 19.3 Å². The molecule has 0 aliphatic rings. The van der Waals surface area contributed by atoms with Crippen LogP contribution in [-0.4, -0.2) is 47.5 Å². The Morgan fingerprint density at radius 3 is 2.57 bits per heavy atom. The van der Waals surface area contributed by atoms with Gasteiger partial charge >= 0.3 is 6.09 Å². The summed E-state index contributed by atoms with van der Waals surface area (Å²) >= 11 is 1.11. The number of hydrogen-bond acceptors (Lipinski definition) is 7. The Labute approximate surface area is 165 Å². The number of nitrogens with two attached hydrogens (primary N) is 1. The third kappa shape index (κ3) is 7.56. The molecular weight excluding hydrogens is 408 g/mol. The van der Waals surface area contributed by atoms with Gasteiger partial charge in [-0.15, -0.1) is 0 Å². The maximum absolute atomic E-state index is 12.4. The number of carboxylic acid groups (broad SMARTS) is 1. The van der Waals surface area contributed by atoms with Gasteiger partial charge in [0.1, 0.15) is 11.0 Å². The molecule has 2 amide bonds. The first-order valence-corrected chi connectivity index (χ1v) is 10.5. The summed E-state index contributed by atoms with van der Waals surface area (Å²) in [6.45, 7) is 0.0916. The Bertz CT molecular complexity index is 903. The van der Waals surface area contributed by atoms with Gasteiger partial charge in [-0.1, -0.05) is 30.3 Å². The molecule has 0 bridgehead atoms. The predicted molar refractivity (Wildman–Crippen MR) is 104 cm³/mol. The molecule has 28 heavy (non-hydrogen) atoms. The summed E-state index contributed by atoms with van der Waals surface area (Å²) in [5.41, 5.74) is 0.850. The van der Waals surface area contributed by atoms with E-state index in [9.17, 15) is 18.0 Å². The lowest BCUT2D eigenvalue weighted by Crippen LogP contribution is -2.43. The Morgan fingerprint density at radius 1 is 1.21 bits per heavy atom. The monoisotopic (exact) mass is 428 g/mol. The number of amides is 2. The number of carbonyl (C=O) groups is 2. The molecule has 0 saturated carbocycles. The van der Waals surface area contributed by atoms with Gasteiger partial charge in [0.25, 0.3) is 10.2 Å². The zero-order valence-corrected chi connectivity index (χ0v) is 16.3. The van der Waals surface area contributed by atoms with Crippen LogP contribution in [0.5, 0.6) is 0 Å². The highest BCUT2D eigenvalue weighted by Crippen LogP contribution is 2.22. The van der Waals surface area contributed by atoms with E-state index in [1.54, 1.807) is 0 Å². The second kappa shape index (κ2) is 10.1. The molecule has 1 aromatic heterocycles. The molecule has 1 atom stereocenters. The number of nitrogens with one attached hydrogen (secondary N) is 3. The van der Waals surface area contributed by atoms with Crippen molar-refractivity contribution in [2.75, 3.05) is 11.9 Å². The van der Waals surface area contributed by atoms with E-state index in [4.69, 9.17) is 10.2 Å². The Balaban J connectivity index is 1.91. The minimum atomic E-state index is -3.78. The summed E-state index contributed by atoms with van der Waals surface area (Å²) < 4.78 is 27.8. The highest BCUT2D eigenvalue weighted by atomic mass is 32.2. The van der Waals surface area contributed by atoms with Crippen molar-refractivity contribution < 1.29 is 23.1 Å². The van der Waals surface area contributed by atoms with E-state index in [1.807, 2.05) is 30.3 Å². The van der Waals surface area contributed by atoms with Crippen LogP contribution in [0.15, 0.2) is 30.3 Å². The number of aromatic nitrogens is 2. The smallest absolute Gasteiger partial charge is 0.405 e. The molecule has 0 aliphatic heterocycles. The van der Waals surface area contributed by atoms with Crippen LogP contribution >= 0.6 is 11.5 Å². The largest absolute Gasteiger partial charge is 0.465 e. The van der Waals surface area contributed by atoms with Gasteiger partial charge in [0.15, 0.2) is 0 Å². The number of benzene rings is 1. The lowest BCUT2D eigenvalue weighted by Gasteiger charge is -2.15. The summed E-state index contributed by atoms with van der Waals surface area (Å²) in [6.07, 6.45) is -0.408. The topological polar surface area (TPSA) is 176 Å². The minimum Gasteiger partial charge on any atom is -0.465 e. The highest BCUT2D eigenvalue weighted by Gasteiger charge is 2.22. The fourth-order valence-corrected chi connectivity index (χ4v) is 3.33. The first-order chi connectivity index (χ1) is 13.2. The number of unbranched alkanes of at least 4 members (excludes halogenated alkanes) is 1. The molecule has 1 unspecified atom stereocenters. The first kappa shape index (κ1) is 21.7. The molecular formula is C15H20N6O5S2. The predicted octanol–water partition coefficient (Wildman–Crippen LogP) is 0.743. The number of hydrogen-bond donors (Lipinski definition) is 5. The van der Waals surface area contributed by atoms with Crippen molar-refractivity contribution in [3.8, 4) is 10.6 Å². The van der Waals surface area contributed by atoms with Gasteiger partial charge in [0.05, 0.1) is 0 Å². The molecule has 13 heteroatoms. The minimum absolute atomic E-state index is 0.0851. The molecule has 0 saturated heterocycles. The Hall–Kier alpha value is -2.61. The van der Waals surface area contributed by atoms with Gasteiger partial charge in [0.2, 0.25) is 11.9 Å². The van der Waals surface area contributed by atoms with Crippen LogP contribution in [0.4, 0.5) is 10.7 Å². The normalized spacial score (nSPS) is 12.3. The van der Waals surface area contributed by atoms with E-state index in [0.717, 1.165) is 17.1 Å². The Morgan fingerprint density at radius 2 is 1.93 bits per heavy atom.